The van der Waals surface area contributed by atoms with Crippen molar-refractivity contribution in [3.05, 3.63) is 18.2 Å². The van der Waals surface area contributed by atoms with Gasteiger partial charge in [0.15, 0.2) is 5.75 Å². The highest BCUT2D eigenvalue weighted by Crippen LogP contribution is 2.10. The van der Waals surface area contributed by atoms with E-state index in [4.69, 9.17) is 15.9 Å². The van der Waals surface area contributed by atoms with Gasteiger partial charge in [-0.05, 0) is 0 Å². The number of nitrogens with two attached hydrogens (primary N) is 1. The molecule has 0 radical (unpaired) electrons. The second-order valence-corrected chi connectivity index (χ2v) is 1.85. The van der Waals surface area contributed by atoms with Crippen molar-refractivity contribution < 1.29 is 4.74 Å². The lowest BCUT2D eigenvalue weighted by molar-refractivity contribution is 0.409. The van der Waals surface area contributed by atoms with Gasteiger partial charge in [0.25, 0.3) is 0 Å². The molecule has 0 aromatic carbocycles. The summed E-state index contributed by atoms with van der Waals surface area (Å²) < 4.78 is 4.86. The Morgan fingerprint density at radius 1 is 1.73 bits per heavy atom. The molecule has 0 bridgehead atoms. The molecule has 58 valence electrons. The third kappa shape index (κ3) is 1.43. The Morgan fingerprint density at radius 2 is 2.45 bits per heavy atom. The highest BCUT2D eigenvalue weighted by atomic mass is 16.5. The molecule has 1 aromatic rings. The highest BCUT2D eigenvalue weighted by molar-refractivity contribution is 5.95. The zero-order valence-corrected chi connectivity index (χ0v) is 6.03. The first kappa shape index (κ1) is 7.46. The van der Waals surface area contributed by atoms with Crippen molar-refractivity contribution in [3.63, 3.8) is 0 Å². The fourth-order valence-electron chi connectivity index (χ4n) is 0.669. The predicted molar refractivity (Wildman–Crippen MR) is 39.6 cm³/mol. The minimum absolute atomic E-state index is 0.121. The largest absolute Gasteiger partial charge is 0.493 e. The van der Waals surface area contributed by atoms with Crippen LogP contribution in [0.15, 0.2) is 12.5 Å². The summed E-state index contributed by atoms with van der Waals surface area (Å²) in [7, 11) is 1.48. The smallest absolute Gasteiger partial charge is 0.166 e. The monoisotopic (exact) mass is 152 g/mol. The van der Waals surface area contributed by atoms with Gasteiger partial charge in [-0.1, -0.05) is 0 Å². The van der Waals surface area contributed by atoms with Crippen molar-refractivity contribution in [2.45, 2.75) is 0 Å². The summed E-state index contributed by atoms with van der Waals surface area (Å²) in [5.41, 5.74) is 5.52. The van der Waals surface area contributed by atoms with Gasteiger partial charge >= 0.3 is 0 Å². The van der Waals surface area contributed by atoms with Crippen LogP contribution in [0, 0.1) is 5.41 Å². The van der Waals surface area contributed by atoms with Gasteiger partial charge in [0.2, 0.25) is 0 Å². The van der Waals surface area contributed by atoms with Crippen LogP contribution in [0.5, 0.6) is 5.75 Å². The highest BCUT2D eigenvalue weighted by Gasteiger charge is 2.05. The summed E-state index contributed by atoms with van der Waals surface area (Å²) >= 11 is 0. The number of nitrogens with one attached hydrogen (secondary N) is 1. The molecule has 0 saturated heterocycles. The molecule has 1 heterocycles. The average molecular weight is 152 g/mol. The molecule has 0 unspecified atom stereocenters. The third-order valence-electron chi connectivity index (χ3n) is 1.15. The molecule has 3 N–H and O–H groups in total. The van der Waals surface area contributed by atoms with Crippen LogP contribution in [0.3, 0.4) is 0 Å². The van der Waals surface area contributed by atoms with Gasteiger partial charge in [-0.15, -0.1) is 0 Å². The first-order valence-electron chi connectivity index (χ1n) is 2.94. The summed E-state index contributed by atoms with van der Waals surface area (Å²) in [6.45, 7) is 0. The van der Waals surface area contributed by atoms with Crippen LogP contribution in [-0.4, -0.2) is 22.9 Å². The Balaban J connectivity index is 3.12. The number of aromatic nitrogens is 2. The molecule has 5 heteroatoms. The fourth-order valence-corrected chi connectivity index (χ4v) is 0.669. The number of nitrogen functional groups attached to an aromatic ring is 1. The molecule has 0 aliphatic heterocycles. The Kier molecular flexibility index (Phi) is 2.00. The lowest BCUT2D eigenvalue weighted by Crippen LogP contribution is -2.14. The van der Waals surface area contributed by atoms with E-state index < -0.39 is 0 Å². The number of hydrogen-bond acceptors (Lipinski definition) is 4. The molecule has 0 spiro atoms. The molecule has 0 aliphatic rings. The van der Waals surface area contributed by atoms with Gasteiger partial charge < -0.3 is 10.5 Å². The van der Waals surface area contributed by atoms with Crippen LogP contribution in [0.1, 0.15) is 5.69 Å². The number of amidine groups is 1. The average Bonchev–Trinajstić information content (AvgIpc) is 2.04. The van der Waals surface area contributed by atoms with E-state index in [1.54, 1.807) is 0 Å². The molecular weight excluding hydrogens is 144 g/mol. The maximum atomic E-state index is 7.09. The number of ether oxygens (including phenoxy) is 1. The van der Waals surface area contributed by atoms with Crippen LogP contribution >= 0.6 is 0 Å². The topological polar surface area (TPSA) is 84.9 Å². The van der Waals surface area contributed by atoms with Crippen LogP contribution in [0.25, 0.3) is 0 Å². The van der Waals surface area contributed by atoms with Crippen LogP contribution < -0.4 is 10.5 Å². The number of hydrogen-bond donors (Lipinski definition) is 2. The summed E-state index contributed by atoms with van der Waals surface area (Å²) in [6, 6.07) is 0. The molecule has 0 saturated carbocycles. The zero-order valence-electron chi connectivity index (χ0n) is 6.03. The molecule has 1 rings (SSSR count). The Morgan fingerprint density at radius 3 is 2.91 bits per heavy atom. The molecular formula is C6H8N4O. The standard InChI is InChI=1S/C6H8N4O/c1-11-4-2-9-3-10-5(4)6(7)8/h2-3H,1H3,(H3,7,8). The van der Waals surface area contributed by atoms with E-state index in [9.17, 15) is 0 Å². The summed E-state index contributed by atoms with van der Waals surface area (Å²) in [5, 5.41) is 7.09. The molecule has 0 aliphatic carbocycles. The van der Waals surface area contributed by atoms with E-state index in [0.717, 1.165) is 0 Å². The Labute approximate surface area is 63.7 Å². The molecule has 0 fully saturated rings. The van der Waals surface area contributed by atoms with Gasteiger partial charge in [-0.2, -0.15) is 0 Å². The van der Waals surface area contributed by atoms with Crippen molar-refractivity contribution in [1.29, 1.82) is 5.41 Å². The second-order valence-electron chi connectivity index (χ2n) is 1.85. The van der Waals surface area contributed by atoms with Gasteiger partial charge in [0.05, 0.1) is 13.3 Å². The molecule has 11 heavy (non-hydrogen) atoms. The van der Waals surface area contributed by atoms with E-state index in [1.165, 1.54) is 19.6 Å². The minimum Gasteiger partial charge on any atom is -0.493 e. The van der Waals surface area contributed by atoms with E-state index in [2.05, 4.69) is 9.97 Å². The van der Waals surface area contributed by atoms with Crippen LogP contribution in [0.4, 0.5) is 0 Å². The van der Waals surface area contributed by atoms with Crippen LogP contribution in [-0.2, 0) is 0 Å². The predicted octanol–water partition coefficient (Wildman–Crippen LogP) is -0.231. The number of nitrogens with zero attached hydrogens (tertiary/aromatic N) is 2. The first-order chi connectivity index (χ1) is 5.25. The number of rotatable bonds is 2. The van der Waals surface area contributed by atoms with E-state index in [-0.39, 0.29) is 5.84 Å². The zero-order chi connectivity index (χ0) is 8.27. The van der Waals surface area contributed by atoms with Gasteiger partial charge in [0.1, 0.15) is 17.9 Å². The summed E-state index contributed by atoms with van der Waals surface area (Å²) in [5.74, 6) is 0.296. The fraction of sp³-hybridized carbons (Fsp3) is 0.167. The lowest BCUT2D eigenvalue weighted by atomic mass is 10.3. The molecule has 0 amide bonds. The third-order valence-corrected chi connectivity index (χ3v) is 1.15. The molecule has 1 aromatic heterocycles. The molecule has 0 atom stereocenters. The van der Waals surface area contributed by atoms with Crippen molar-refractivity contribution in [1.82, 2.24) is 9.97 Å². The summed E-state index contributed by atoms with van der Waals surface area (Å²) in [6.07, 6.45) is 2.78. The SMILES string of the molecule is COc1cncnc1C(=N)N. The van der Waals surface area contributed by atoms with E-state index in [1.807, 2.05) is 0 Å². The van der Waals surface area contributed by atoms with Gasteiger partial charge in [-0.25, -0.2) is 9.97 Å². The van der Waals surface area contributed by atoms with Crippen molar-refractivity contribution in [2.75, 3.05) is 7.11 Å². The first-order valence-corrected chi connectivity index (χ1v) is 2.94. The molecule has 5 nitrogen and oxygen atoms in total. The number of methoxy groups -OCH3 is 1. The Bertz CT molecular complexity index is 273. The van der Waals surface area contributed by atoms with Gasteiger partial charge in [0, 0.05) is 0 Å². The normalized spacial score (nSPS) is 9.18. The lowest BCUT2D eigenvalue weighted by Gasteiger charge is -2.02. The maximum Gasteiger partial charge on any atom is 0.166 e. The Hall–Kier alpha value is -1.65. The van der Waals surface area contributed by atoms with Gasteiger partial charge in [-0.3, -0.25) is 5.41 Å². The van der Waals surface area contributed by atoms with Crippen molar-refractivity contribution in [2.24, 2.45) is 5.73 Å². The van der Waals surface area contributed by atoms with E-state index in [0.29, 0.717) is 11.4 Å². The summed E-state index contributed by atoms with van der Waals surface area (Å²) in [4.78, 5) is 7.47. The van der Waals surface area contributed by atoms with E-state index >= 15 is 0 Å². The minimum atomic E-state index is -0.121. The van der Waals surface area contributed by atoms with Crippen molar-refractivity contribution in [3.8, 4) is 5.75 Å². The quantitative estimate of drug-likeness (QED) is 0.452. The van der Waals surface area contributed by atoms with Crippen LogP contribution in [0.2, 0.25) is 0 Å². The second kappa shape index (κ2) is 2.96. The maximum absolute atomic E-state index is 7.09. The van der Waals surface area contributed by atoms with Crippen molar-refractivity contribution >= 4 is 5.84 Å².